The van der Waals surface area contributed by atoms with Crippen molar-refractivity contribution in [1.82, 2.24) is 4.72 Å². The maximum Gasteiger partial charge on any atom is 0.303 e. The number of sulfonamides is 1. The average Bonchev–Trinajstić information content (AvgIpc) is 2.73. The van der Waals surface area contributed by atoms with Gasteiger partial charge in [0.2, 0.25) is 10.0 Å². The summed E-state index contributed by atoms with van der Waals surface area (Å²) in [5.74, 6) is -0.807. The zero-order valence-electron chi connectivity index (χ0n) is 16.2. The van der Waals surface area contributed by atoms with Gasteiger partial charge in [0.1, 0.15) is 0 Å². The second kappa shape index (κ2) is 10.0. The number of aryl methyl sites for hydroxylation is 1. The molecule has 0 spiro atoms. The Morgan fingerprint density at radius 3 is 2.10 bits per heavy atom. The van der Waals surface area contributed by atoms with Crippen LogP contribution in [0.15, 0.2) is 88.2 Å². The minimum absolute atomic E-state index is 0.126. The number of hydrogen-bond donors (Lipinski definition) is 2. The number of rotatable bonds is 9. The molecule has 0 aliphatic heterocycles. The normalized spacial score (nSPS) is 12.4. The smallest absolute Gasteiger partial charge is 0.303 e. The number of benzene rings is 3. The number of carboxylic acid groups (broad SMARTS) is 1. The highest BCUT2D eigenvalue weighted by atomic mass is 79.9. The van der Waals surface area contributed by atoms with E-state index in [9.17, 15) is 13.2 Å². The molecule has 0 saturated heterocycles. The van der Waals surface area contributed by atoms with E-state index in [2.05, 4.69) is 20.7 Å². The summed E-state index contributed by atoms with van der Waals surface area (Å²) in [6.07, 6.45) is 1.35. The van der Waals surface area contributed by atoms with Crippen molar-refractivity contribution in [3.05, 3.63) is 100 Å². The highest BCUT2D eigenvalue weighted by Gasteiger charge is 2.23. The molecule has 0 amide bonds. The summed E-state index contributed by atoms with van der Waals surface area (Å²) in [5, 5.41) is 8.78. The first-order valence-corrected chi connectivity index (χ1v) is 11.8. The van der Waals surface area contributed by atoms with Gasteiger partial charge in [0.05, 0.1) is 10.9 Å². The van der Waals surface area contributed by atoms with Gasteiger partial charge in [-0.2, -0.15) is 4.72 Å². The zero-order valence-corrected chi connectivity index (χ0v) is 18.6. The van der Waals surface area contributed by atoms with Crippen molar-refractivity contribution < 1.29 is 18.3 Å². The lowest BCUT2D eigenvalue weighted by Gasteiger charge is -2.20. The zero-order chi connectivity index (χ0) is 21.6. The van der Waals surface area contributed by atoms with Crippen molar-refractivity contribution in [3.63, 3.8) is 0 Å². The summed E-state index contributed by atoms with van der Waals surface area (Å²) in [5.41, 5.74) is 2.66. The molecule has 0 heterocycles. The molecule has 30 heavy (non-hydrogen) atoms. The number of carboxylic acids is 1. The van der Waals surface area contributed by atoms with Crippen LogP contribution in [-0.2, 0) is 21.2 Å². The quantitative estimate of drug-likeness (QED) is 0.448. The van der Waals surface area contributed by atoms with Crippen LogP contribution in [-0.4, -0.2) is 19.5 Å². The van der Waals surface area contributed by atoms with Crippen LogP contribution >= 0.6 is 15.9 Å². The molecule has 0 aliphatic rings. The standard InChI is InChI=1S/C23H22BrNO4S/c24-20-13-15-21(16-14-20)30(28,29)25-23(18-6-2-1-3-7-18)19-11-9-17(10-12-19)5-4-8-22(26)27/h1-3,6-7,9-16,23,25H,4-5,8H2,(H,26,27). The van der Waals surface area contributed by atoms with Crippen molar-refractivity contribution in [2.45, 2.75) is 30.2 Å². The molecule has 3 aromatic carbocycles. The monoisotopic (exact) mass is 487 g/mol. The molecule has 0 saturated carbocycles. The third kappa shape index (κ3) is 6.01. The topological polar surface area (TPSA) is 83.5 Å². The molecular weight excluding hydrogens is 466 g/mol. The van der Waals surface area contributed by atoms with E-state index in [0.717, 1.165) is 21.2 Å². The molecule has 1 atom stereocenters. The van der Waals surface area contributed by atoms with Crippen LogP contribution in [0.4, 0.5) is 0 Å². The van der Waals surface area contributed by atoms with E-state index in [1.54, 1.807) is 24.3 Å². The van der Waals surface area contributed by atoms with Gasteiger partial charge in [-0.3, -0.25) is 4.79 Å². The maximum atomic E-state index is 13.0. The summed E-state index contributed by atoms with van der Waals surface area (Å²) in [6.45, 7) is 0. The van der Waals surface area contributed by atoms with Gasteiger partial charge in [0.25, 0.3) is 0 Å². The highest BCUT2D eigenvalue weighted by molar-refractivity contribution is 9.10. The lowest BCUT2D eigenvalue weighted by Crippen LogP contribution is -2.29. The summed E-state index contributed by atoms with van der Waals surface area (Å²) in [7, 11) is -3.74. The van der Waals surface area contributed by atoms with Crippen LogP contribution in [0.5, 0.6) is 0 Å². The summed E-state index contributed by atoms with van der Waals surface area (Å²) in [6, 6.07) is 23.0. The number of hydrogen-bond acceptors (Lipinski definition) is 3. The lowest BCUT2D eigenvalue weighted by atomic mass is 9.97. The Morgan fingerprint density at radius 1 is 0.900 bits per heavy atom. The number of aliphatic carboxylic acids is 1. The molecular formula is C23H22BrNO4S. The predicted molar refractivity (Wildman–Crippen MR) is 120 cm³/mol. The van der Waals surface area contributed by atoms with Crippen LogP contribution in [0.25, 0.3) is 0 Å². The summed E-state index contributed by atoms with van der Waals surface area (Å²) < 4.78 is 29.6. The molecule has 3 aromatic rings. The SMILES string of the molecule is O=C(O)CCCc1ccc(C(NS(=O)(=O)c2ccc(Br)cc2)c2ccccc2)cc1. The van der Waals surface area contributed by atoms with Crippen LogP contribution < -0.4 is 4.72 Å². The van der Waals surface area contributed by atoms with Gasteiger partial charge in [-0.05, 0) is 53.8 Å². The Hall–Kier alpha value is -2.48. The van der Waals surface area contributed by atoms with Crippen molar-refractivity contribution in [2.24, 2.45) is 0 Å². The molecule has 2 N–H and O–H groups in total. The first-order valence-electron chi connectivity index (χ1n) is 9.48. The van der Waals surface area contributed by atoms with Gasteiger partial charge in [-0.25, -0.2) is 8.42 Å². The summed E-state index contributed by atoms with van der Waals surface area (Å²) in [4.78, 5) is 10.9. The maximum absolute atomic E-state index is 13.0. The van der Waals surface area contributed by atoms with E-state index in [0.29, 0.717) is 12.8 Å². The van der Waals surface area contributed by atoms with Gasteiger partial charge < -0.3 is 5.11 Å². The molecule has 7 heteroatoms. The van der Waals surface area contributed by atoms with Gasteiger partial charge >= 0.3 is 5.97 Å². The first-order chi connectivity index (χ1) is 14.3. The predicted octanol–water partition coefficient (Wildman–Crippen LogP) is 4.92. The Balaban J connectivity index is 1.86. The Morgan fingerprint density at radius 2 is 1.50 bits per heavy atom. The highest BCUT2D eigenvalue weighted by Crippen LogP contribution is 2.26. The second-order valence-corrected chi connectivity index (χ2v) is 9.54. The van der Waals surface area contributed by atoms with Crippen LogP contribution in [0.1, 0.15) is 35.6 Å². The van der Waals surface area contributed by atoms with Crippen molar-refractivity contribution in [3.8, 4) is 0 Å². The molecule has 0 bridgehead atoms. The van der Waals surface area contributed by atoms with Gasteiger partial charge in [0, 0.05) is 10.9 Å². The van der Waals surface area contributed by atoms with E-state index < -0.39 is 22.0 Å². The molecule has 156 valence electrons. The largest absolute Gasteiger partial charge is 0.481 e. The van der Waals surface area contributed by atoms with Gasteiger partial charge in [-0.1, -0.05) is 70.5 Å². The van der Waals surface area contributed by atoms with Gasteiger partial charge in [-0.15, -0.1) is 0 Å². The van der Waals surface area contributed by atoms with E-state index in [1.807, 2.05) is 54.6 Å². The molecule has 1 unspecified atom stereocenters. The fourth-order valence-corrected chi connectivity index (χ4v) is 4.61. The van der Waals surface area contributed by atoms with E-state index in [1.165, 1.54) is 0 Å². The van der Waals surface area contributed by atoms with E-state index in [-0.39, 0.29) is 11.3 Å². The molecule has 3 rings (SSSR count). The van der Waals surface area contributed by atoms with Crippen LogP contribution in [0.3, 0.4) is 0 Å². The van der Waals surface area contributed by atoms with Crippen LogP contribution in [0.2, 0.25) is 0 Å². The average molecular weight is 488 g/mol. The first kappa shape index (κ1) is 22.2. The Bertz CT molecular complexity index is 1080. The van der Waals surface area contributed by atoms with E-state index in [4.69, 9.17) is 5.11 Å². The fourth-order valence-electron chi connectivity index (χ4n) is 3.13. The lowest BCUT2D eigenvalue weighted by molar-refractivity contribution is -0.137. The second-order valence-electron chi connectivity index (χ2n) is 6.91. The number of halogens is 1. The third-order valence-electron chi connectivity index (χ3n) is 4.70. The van der Waals surface area contributed by atoms with Crippen LogP contribution in [0, 0.1) is 0 Å². The van der Waals surface area contributed by atoms with Crippen molar-refractivity contribution in [1.29, 1.82) is 0 Å². The van der Waals surface area contributed by atoms with Gasteiger partial charge in [0.15, 0.2) is 0 Å². The summed E-state index contributed by atoms with van der Waals surface area (Å²) >= 11 is 3.32. The minimum atomic E-state index is -3.74. The fraction of sp³-hybridized carbons (Fsp3) is 0.174. The molecule has 0 aliphatic carbocycles. The molecule has 5 nitrogen and oxygen atoms in total. The number of carbonyl (C=O) groups is 1. The minimum Gasteiger partial charge on any atom is -0.481 e. The van der Waals surface area contributed by atoms with E-state index >= 15 is 0 Å². The van der Waals surface area contributed by atoms with Crippen molar-refractivity contribution in [2.75, 3.05) is 0 Å². The molecule has 0 radical (unpaired) electrons. The van der Waals surface area contributed by atoms with Crippen molar-refractivity contribution >= 4 is 31.9 Å². The number of nitrogens with one attached hydrogen (secondary N) is 1. The molecule has 0 fully saturated rings. The Kier molecular flexibility index (Phi) is 7.42. The Labute approximate surface area is 185 Å². The third-order valence-corrected chi connectivity index (χ3v) is 6.67. The molecule has 0 aromatic heterocycles.